The van der Waals surface area contributed by atoms with E-state index in [1.807, 2.05) is 66.9 Å². The predicted molar refractivity (Wildman–Crippen MR) is 184 cm³/mol. The van der Waals surface area contributed by atoms with Gasteiger partial charge in [0.05, 0.1) is 5.69 Å². The SMILES string of the molecule is Cc1cccc(C)c1-c1ccc2c(n1)oc1c2ccc2c3ccc[c-]c3c3ncccc3c21.[Ir].[c-]1ccccc1-c1ccccn1. The zero-order chi connectivity index (χ0) is 30.3. The minimum absolute atomic E-state index is 0. The molecule has 4 aromatic heterocycles. The van der Waals surface area contributed by atoms with Gasteiger partial charge in [0, 0.05) is 54.2 Å². The summed E-state index contributed by atoms with van der Waals surface area (Å²) in [6, 6.07) is 45.3. The Balaban J connectivity index is 0.000000220. The van der Waals surface area contributed by atoms with Crippen LogP contribution in [0.15, 0.2) is 132 Å². The Morgan fingerprint density at radius 1 is 0.565 bits per heavy atom. The number of pyridine rings is 3. The summed E-state index contributed by atoms with van der Waals surface area (Å²) >= 11 is 0. The maximum absolute atomic E-state index is 6.52. The predicted octanol–water partition coefficient (Wildman–Crippen LogP) is 10.5. The fraction of sp³-hybridized carbons (Fsp3) is 0.0488. The third-order valence-electron chi connectivity index (χ3n) is 8.35. The van der Waals surface area contributed by atoms with E-state index in [4.69, 9.17) is 14.4 Å². The van der Waals surface area contributed by atoms with E-state index in [0.29, 0.717) is 5.71 Å². The van der Waals surface area contributed by atoms with Crippen LogP contribution in [-0.2, 0) is 20.1 Å². The van der Waals surface area contributed by atoms with Crippen LogP contribution in [-0.4, -0.2) is 15.0 Å². The van der Waals surface area contributed by atoms with Crippen LogP contribution in [0.2, 0.25) is 0 Å². The van der Waals surface area contributed by atoms with Crippen LogP contribution in [0.1, 0.15) is 11.1 Å². The van der Waals surface area contributed by atoms with E-state index in [-0.39, 0.29) is 20.1 Å². The van der Waals surface area contributed by atoms with Crippen LogP contribution in [0.5, 0.6) is 0 Å². The van der Waals surface area contributed by atoms with Crippen molar-refractivity contribution in [1.82, 2.24) is 15.0 Å². The second-order valence-corrected chi connectivity index (χ2v) is 11.1. The number of aryl methyl sites for hydroxylation is 2. The van der Waals surface area contributed by atoms with E-state index in [9.17, 15) is 0 Å². The van der Waals surface area contributed by atoms with E-state index in [0.717, 1.165) is 65.8 Å². The Labute approximate surface area is 280 Å². The number of rotatable bonds is 2. The van der Waals surface area contributed by atoms with Crippen molar-refractivity contribution in [1.29, 1.82) is 0 Å². The molecular formula is C41H27IrN3O-2. The van der Waals surface area contributed by atoms with Gasteiger partial charge >= 0.3 is 0 Å². The number of nitrogens with zero attached hydrogens (tertiary/aromatic N) is 3. The van der Waals surface area contributed by atoms with Crippen LogP contribution in [0.4, 0.5) is 0 Å². The van der Waals surface area contributed by atoms with Crippen molar-refractivity contribution in [3.05, 3.63) is 151 Å². The number of hydrogen-bond donors (Lipinski definition) is 0. The first-order valence-electron chi connectivity index (χ1n) is 14.9. The van der Waals surface area contributed by atoms with Crippen LogP contribution < -0.4 is 0 Å². The monoisotopic (exact) mass is 770 g/mol. The van der Waals surface area contributed by atoms with Gasteiger partial charge in [-0.3, -0.25) is 0 Å². The molecule has 0 unspecified atom stereocenters. The molecule has 223 valence electrons. The standard InChI is InChI=1S/C30H19N2O.C11H8N.Ir/c1-17-7-5-8-18(2)26(17)25-15-14-23-22-13-12-20-19-9-3-4-10-21(19)28-24(11-6-16-31-28)27(20)29(22)33-30(23)32-25;1-2-6-10(7-3-1)11-8-4-5-9-12-11;/h3-9,11-16H,1-2H3;1-6,8-9H;/q2*-1;. The molecule has 0 N–H and O–H groups in total. The van der Waals surface area contributed by atoms with Gasteiger partial charge in [-0.05, 0) is 71.2 Å². The Morgan fingerprint density at radius 3 is 2.13 bits per heavy atom. The van der Waals surface area contributed by atoms with Gasteiger partial charge in [0.1, 0.15) is 5.58 Å². The van der Waals surface area contributed by atoms with Crippen LogP contribution in [0.25, 0.3) is 77.0 Å². The molecule has 0 aliphatic heterocycles. The first kappa shape index (κ1) is 29.5. The van der Waals surface area contributed by atoms with Gasteiger partial charge in [-0.1, -0.05) is 53.9 Å². The average Bonchev–Trinajstić information content (AvgIpc) is 3.47. The molecule has 0 atom stereocenters. The number of benzene rings is 5. The first-order chi connectivity index (χ1) is 22.2. The van der Waals surface area contributed by atoms with Gasteiger partial charge < -0.3 is 14.4 Å². The molecule has 0 bridgehead atoms. The Kier molecular flexibility index (Phi) is 7.88. The quantitative estimate of drug-likeness (QED) is 0.130. The first-order valence-corrected chi connectivity index (χ1v) is 14.9. The van der Waals surface area contributed by atoms with Crippen LogP contribution >= 0.6 is 0 Å². The summed E-state index contributed by atoms with van der Waals surface area (Å²) < 4.78 is 6.52. The van der Waals surface area contributed by atoms with E-state index in [1.165, 1.54) is 16.7 Å². The van der Waals surface area contributed by atoms with Gasteiger partial charge in [-0.15, -0.1) is 65.5 Å². The molecule has 5 heteroatoms. The molecule has 46 heavy (non-hydrogen) atoms. The van der Waals surface area contributed by atoms with Gasteiger partial charge in [0.2, 0.25) is 5.71 Å². The average molecular weight is 770 g/mol. The fourth-order valence-electron chi connectivity index (χ4n) is 6.31. The summed E-state index contributed by atoms with van der Waals surface area (Å²) in [6.07, 6.45) is 3.63. The summed E-state index contributed by atoms with van der Waals surface area (Å²) in [5.41, 5.74) is 9.00. The molecule has 0 aliphatic carbocycles. The van der Waals surface area contributed by atoms with Crippen LogP contribution in [0.3, 0.4) is 0 Å². The molecule has 9 aromatic rings. The molecule has 0 aliphatic rings. The minimum Gasteiger partial charge on any atom is -0.437 e. The van der Waals surface area contributed by atoms with Crippen molar-refractivity contribution in [3.8, 4) is 22.5 Å². The van der Waals surface area contributed by atoms with Crippen molar-refractivity contribution in [2.45, 2.75) is 13.8 Å². The van der Waals surface area contributed by atoms with Crippen molar-refractivity contribution < 1.29 is 24.5 Å². The van der Waals surface area contributed by atoms with E-state index in [1.54, 1.807) is 6.20 Å². The fourth-order valence-corrected chi connectivity index (χ4v) is 6.31. The van der Waals surface area contributed by atoms with Gasteiger partial charge in [-0.2, -0.15) is 0 Å². The Bertz CT molecular complexity index is 2410. The van der Waals surface area contributed by atoms with Gasteiger partial charge in [-0.25, -0.2) is 4.98 Å². The van der Waals surface area contributed by atoms with Crippen molar-refractivity contribution >= 4 is 54.5 Å². The maximum atomic E-state index is 6.52. The second kappa shape index (κ2) is 12.3. The summed E-state index contributed by atoms with van der Waals surface area (Å²) in [6.45, 7) is 4.25. The molecule has 9 rings (SSSR count). The third-order valence-corrected chi connectivity index (χ3v) is 8.35. The third kappa shape index (κ3) is 5.04. The summed E-state index contributed by atoms with van der Waals surface area (Å²) in [7, 11) is 0. The Morgan fingerprint density at radius 2 is 1.33 bits per heavy atom. The van der Waals surface area contributed by atoms with Crippen LogP contribution in [0, 0.1) is 26.0 Å². The zero-order valence-electron chi connectivity index (χ0n) is 25.2. The number of hydrogen-bond acceptors (Lipinski definition) is 4. The van der Waals surface area contributed by atoms with Crippen molar-refractivity contribution in [2.75, 3.05) is 0 Å². The molecule has 0 amide bonds. The summed E-state index contributed by atoms with van der Waals surface area (Å²) in [5.74, 6) is 0. The number of fused-ring (bicyclic) bond motifs is 10. The minimum atomic E-state index is 0. The molecule has 4 nitrogen and oxygen atoms in total. The maximum Gasteiger partial charge on any atom is 0.227 e. The smallest absolute Gasteiger partial charge is 0.227 e. The van der Waals surface area contributed by atoms with E-state index >= 15 is 0 Å². The van der Waals surface area contributed by atoms with Gasteiger partial charge in [0.25, 0.3) is 0 Å². The molecule has 0 spiro atoms. The molecule has 1 radical (unpaired) electrons. The molecule has 0 fully saturated rings. The summed E-state index contributed by atoms with van der Waals surface area (Å²) in [5, 5.41) is 7.55. The second-order valence-electron chi connectivity index (χ2n) is 11.1. The molecular weight excluding hydrogens is 743 g/mol. The largest absolute Gasteiger partial charge is 0.437 e. The molecule has 0 saturated carbocycles. The number of aromatic nitrogens is 3. The summed E-state index contributed by atoms with van der Waals surface area (Å²) in [4.78, 5) is 13.9. The molecule has 0 saturated heterocycles. The van der Waals surface area contributed by atoms with Gasteiger partial charge in [0.15, 0.2) is 0 Å². The zero-order valence-corrected chi connectivity index (χ0v) is 27.6. The van der Waals surface area contributed by atoms with Crippen molar-refractivity contribution in [2.24, 2.45) is 0 Å². The Hall–Kier alpha value is -5.22. The number of furan rings is 1. The van der Waals surface area contributed by atoms with E-state index < -0.39 is 0 Å². The van der Waals surface area contributed by atoms with E-state index in [2.05, 4.69) is 85.6 Å². The van der Waals surface area contributed by atoms with Crippen molar-refractivity contribution in [3.63, 3.8) is 0 Å². The topological polar surface area (TPSA) is 51.8 Å². The molecule has 4 heterocycles. The normalized spacial score (nSPS) is 11.1. The molecule has 5 aromatic carbocycles.